The number of hydrogen-bond donors (Lipinski definition) is 0. The van der Waals surface area contributed by atoms with Crippen molar-refractivity contribution in [2.75, 3.05) is 26.2 Å². The highest BCUT2D eigenvalue weighted by Crippen LogP contribution is 2.14. The van der Waals surface area contributed by atoms with Crippen molar-refractivity contribution in [2.45, 2.75) is 27.3 Å². The molecule has 0 saturated heterocycles. The predicted octanol–water partition coefficient (Wildman–Crippen LogP) is 2.66. The average molecular weight is 284 g/mol. The van der Waals surface area contributed by atoms with Crippen LogP contribution in [0.3, 0.4) is 0 Å². The molecular weight excluding hydrogens is 262 g/mol. The first-order valence-electron chi connectivity index (χ1n) is 6.96. The highest BCUT2D eigenvalue weighted by Gasteiger charge is 2.17. The summed E-state index contributed by atoms with van der Waals surface area (Å²) in [6, 6.07) is 3.81. The fourth-order valence-corrected chi connectivity index (χ4v) is 2.05. The summed E-state index contributed by atoms with van der Waals surface area (Å²) >= 11 is 0. The van der Waals surface area contributed by atoms with Gasteiger partial charge in [-0.15, -0.1) is 0 Å². The Morgan fingerprint density at radius 3 is 2.05 bits per heavy atom. The first kappa shape index (κ1) is 16.6. The summed E-state index contributed by atoms with van der Waals surface area (Å²) in [6.45, 7) is 7.80. The van der Waals surface area contributed by atoms with Crippen LogP contribution in [0.5, 0.6) is 0 Å². The number of nitrogens with zero attached hydrogens (tertiary/aromatic N) is 2. The minimum Gasteiger partial charge on any atom is -0.342 e. The molecule has 0 heterocycles. The second-order valence-electron chi connectivity index (χ2n) is 4.57. The molecule has 0 N–H and O–H groups in total. The zero-order valence-electron chi connectivity index (χ0n) is 12.3. The van der Waals surface area contributed by atoms with Gasteiger partial charge in [0.1, 0.15) is 11.6 Å². The topological polar surface area (TPSA) is 23.6 Å². The molecule has 0 aliphatic carbocycles. The Balaban J connectivity index is 2.75. The molecule has 0 spiro atoms. The third-order valence-corrected chi connectivity index (χ3v) is 3.37. The van der Waals surface area contributed by atoms with Gasteiger partial charge in [0, 0.05) is 25.2 Å². The predicted molar refractivity (Wildman–Crippen MR) is 75.2 cm³/mol. The Bertz CT molecular complexity index is 427. The van der Waals surface area contributed by atoms with E-state index in [-0.39, 0.29) is 24.6 Å². The van der Waals surface area contributed by atoms with Crippen LogP contribution in [0, 0.1) is 11.6 Å². The van der Waals surface area contributed by atoms with E-state index < -0.39 is 11.6 Å². The van der Waals surface area contributed by atoms with Crippen LogP contribution in [0.15, 0.2) is 18.2 Å². The molecule has 1 aromatic carbocycles. The van der Waals surface area contributed by atoms with Gasteiger partial charge in [0.25, 0.3) is 0 Å². The monoisotopic (exact) mass is 284 g/mol. The average Bonchev–Trinajstić information content (AvgIpc) is 2.43. The maximum absolute atomic E-state index is 13.6. The number of halogens is 2. The number of amides is 1. The minimum absolute atomic E-state index is 0.0155. The zero-order chi connectivity index (χ0) is 15.1. The zero-order valence-corrected chi connectivity index (χ0v) is 12.3. The van der Waals surface area contributed by atoms with Gasteiger partial charge in [-0.1, -0.05) is 13.0 Å². The molecule has 1 amide bonds. The van der Waals surface area contributed by atoms with Crippen LogP contribution in [0.25, 0.3) is 0 Å². The summed E-state index contributed by atoms with van der Waals surface area (Å²) in [5.74, 6) is -1.16. The van der Waals surface area contributed by atoms with E-state index in [1.54, 1.807) is 9.80 Å². The lowest BCUT2D eigenvalue weighted by atomic mass is 10.2. The van der Waals surface area contributed by atoms with Crippen LogP contribution in [0.1, 0.15) is 26.3 Å². The van der Waals surface area contributed by atoms with Gasteiger partial charge in [-0.05, 0) is 32.5 Å². The summed E-state index contributed by atoms with van der Waals surface area (Å²) in [5, 5.41) is 0. The van der Waals surface area contributed by atoms with Crippen LogP contribution in [-0.2, 0) is 11.3 Å². The van der Waals surface area contributed by atoms with Crippen LogP contribution in [0.2, 0.25) is 0 Å². The Labute approximate surface area is 119 Å². The van der Waals surface area contributed by atoms with Crippen LogP contribution >= 0.6 is 0 Å². The molecule has 1 rings (SSSR count). The third-order valence-electron chi connectivity index (χ3n) is 3.37. The Morgan fingerprint density at radius 1 is 1.05 bits per heavy atom. The molecule has 0 fully saturated rings. The van der Waals surface area contributed by atoms with Gasteiger partial charge in [0.2, 0.25) is 5.91 Å². The Hall–Kier alpha value is -1.49. The third kappa shape index (κ3) is 4.27. The highest BCUT2D eigenvalue weighted by molar-refractivity contribution is 5.78. The highest BCUT2D eigenvalue weighted by atomic mass is 19.1. The lowest BCUT2D eigenvalue weighted by Crippen LogP contribution is -2.40. The first-order valence-corrected chi connectivity index (χ1v) is 6.96. The molecule has 0 radical (unpaired) electrons. The van der Waals surface area contributed by atoms with Gasteiger partial charge in [0.05, 0.1) is 6.54 Å². The molecule has 0 aliphatic heterocycles. The van der Waals surface area contributed by atoms with Gasteiger partial charge >= 0.3 is 0 Å². The van der Waals surface area contributed by atoms with Crippen molar-refractivity contribution in [3.8, 4) is 0 Å². The number of rotatable bonds is 7. The standard InChI is InChI=1S/C15H22F2N2O/c1-4-18(11-15(20)19(5-2)6-3)10-12-13(16)8-7-9-14(12)17/h7-9H,4-6,10-11H2,1-3H3. The van der Waals surface area contributed by atoms with Gasteiger partial charge < -0.3 is 4.90 Å². The van der Waals surface area contributed by atoms with Crippen molar-refractivity contribution >= 4 is 5.91 Å². The second-order valence-corrected chi connectivity index (χ2v) is 4.57. The van der Waals surface area contributed by atoms with E-state index in [1.165, 1.54) is 18.2 Å². The lowest BCUT2D eigenvalue weighted by molar-refractivity contribution is -0.132. The maximum atomic E-state index is 13.6. The van der Waals surface area contributed by atoms with Gasteiger partial charge in [-0.25, -0.2) is 8.78 Å². The van der Waals surface area contributed by atoms with Crippen molar-refractivity contribution in [1.82, 2.24) is 9.80 Å². The molecule has 0 atom stereocenters. The molecule has 0 aromatic heterocycles. The van der Waals surface area contributed by atoms with Crippen LogP contribution in [0.4, 0.5) is 8.78 Å². The number of carbonyl (C=O) groups is 1. The van der Waals surface area contributed by atoms with E-state index in [4.69, 9.17) is 0 Å². The molecule has 0 bridgehead atoms. The second kappa shape index (κ2) is 7.94. The van der Waals surface area contributed by atoms with Crippen molar-refractivity contribution in [2.24, 2.45) is 0 Å². The molecule has 0 aliphatic rings. The molecule has 3 nitrogen and oxygen atoms in total. The van der Waals surface area contributed by atoms with Crippen molar-refractivity contribution < 1.29 is 13.6 Å². The maximum Gasteiger partial charge on any atom is 0.236 e. The van der Waals surface area contributed by atoms with E-state index in [0.717, 1.165) is 0 Å². The number of carbonyl (C=O) groups excluding carboxylic acids is 1. The van der Waals surface area contributed by atoms with E-state index in [9.17, 15) is 13.6 Å². The SMILES string of the molecule is CCN(CC(=O)N(CC)CC)Cc1c(F)cccc1F. The summed E-state index contributed by atoms with van der Waals surface area (Å²) in [7, 11) is 0. The summed E-state index contributed by atoms with van der Waals surface area (Å²) in [6.07, 6.45) is 0. The van der Waals surface area contributed by atoms with E-state index in [2.05, 4.69) is 0 Å². The quantitative estimate of drug-likeness (QED) is 0.768. The minimum atomic E-state index is -0.571. The summed E-state index contributed by atoms with van der Waals surface area (Å²) in [4.78, 5) is 15.5. The van der Waals surface area contributed by atoms with Gasteiger partial charge in [-0.3, -0.25) is 9.69 Å². The largest absolute Gasteiger partial charge is 0.342 e. The van der Waals surface area contributed by atoms with Crippen molar-refractivity contribution in [3.63, 3.8) is 0 Å². The Kier molecular flexibility index (Phi) is 6.58. The molecule has 0 unspecified atom stereocenters. The molecule has 0 saturated carbocycles. The first-order chi connectivity index (χ1) is 9.53. The smallest absolute Gasteiger partial charge is 0.236 e. The number of benzene rings is 1. The van der Waals surface area contributed by atoms with Gasteiger partial charge in [-0.2, -0.15) is 0 Å². The Morgan fingerprint density at radius 2 is 1.60 bits per heavy atom. The van der Waals surface area contributed by atoms with E-state index >= 15 is 0 Å². The van der Waals surface area contributed by atoms with Crippen LogP contribution in [-0.4, -0.2) is 41.9 Å². The van der Waals surface area contributed by atoms with Crippen LogP contribution < -0.4 is 0 Å². The normalized spacial score (nSPS) is 10.9. The molecular formula is C15H22F2N2O. The molecule has 1 aromatic rings. The van der Waals surface area contributed by atoms with Crippen molar-refractivity contribution in [1.29, 1.82) is 0 Å². The molecule has 112 valence electrons. The van der Waals surface area contributed by atoms with E-state index in [0.29, 0.717) is 19.6 Å². The molecule has 5 heteroatoms. The van der Waals surface area contributed by atoms with E-state index in [1.807, 2.05) is 20.8 Å². The van der Waals surface area contributed by atoms with Gasteiger partial charge in [0.15, 0.2) is 0 Å². The summed E-state index contributed by atoms with van der Waals surface area (Å²) in [5.41, 5.74) is 0.0155. The fraction of sp³-hybridized carbons (Fsp3) is 0.533. The fourth-order valence-electron chi connectivity index (χ4n) is 2.05. The number of likely N-dealkylation sites (N-methyl/N-ethyl adjacent to an activating group) is 2. The van der Waals surface area contributed by atoms with Crippen molar-refractivity contribution in [3.05, 3.63) is 35.4 Å². The lowest BCUT2D eigenvalue weighted by Gasteiger charge is -2.25. The molecule has 20 heavy (non-hydrogen) atoms. The summed E-state index contributed by atoms with van der Waals surface area (Å²) < 4.78 is 27.2. The number of hydrogen-bond acceptors (Lipinski definition) is 2.